The van der Waals surface area contributed by atoms with Crippen molar-refractivity contribution in [1.29, 1.82) is 0 Å². The van der Waals surface area contributed by atoms with Crippen molar-refractivity contribution in [2.75, 3.05) is 17.3 Å². The summed E-state index contributed by atoms with van der Waals surface area (Å²) in [5.74, 6) is -0.318. The average Bonchev–Trinajstić information content (AvgIpc) is 3.03. The van der Waals surface area contributed by atoms with Crippen LogP contribution in [0, 0.1) is 20.8 Å². The smallest absolute Gasteiger partial charge is 0.282 e. The van der Waals surface area contributed by atoms with Gasteiger partial charge in [-0.05, 0) is 72.7 Å². The quantitative estimate of drug-likeness (QED) is 0.446. The Bertz CT molecular complexity index is 1350. The van der Waals surface area contributed by atoms with Crippen molar-refractivity contribution in [2.45, 2.75) is 47.0 Å². The van der Waals surface area contributed by atoms with Gasteiger partial charge in [-0.15, -0.1) is 0 Å². The Kier molecular flexibility index (Phi) is 6.28. The molecule has 0 aromatic heterocycles. The van der Waals surface area contributed by atoms with Crippen LogP contribution < -0.4 is 15.0 Å². The third-order valence-electron chi connectivity index (χ3n) is 6.33. The van der Waals surface area contributed by atoms with Gasteiger partial charge in [0, 0.05) is 5.69 Å². The first-order valence-corrected chi connectivity index (χ1v) is 11.7. The van der Waals surface area contributed by atoms with Crippen molar-refractivity contribution in [3.8, 4) is 5.75 Å². The lowest BCUT2D eigenvalue weighted by atomic mass is 9.87. The van der Waals surface area contributed by atoms with E-state index in [1.165, 1.54) is 17.6 Å². The molecule has 0 radical (unpaired) electrons. The van der Waals surface area contributed by atoms with Gasteiger partial charge in [-0.25, -0.2) is 4.90 Å². The van der Waals surface area contributed by atoms with Crippen molar-refractivity contribution < 1.29 is 14.3 Å². The number of aryl methyl sites for hydroxylation is 3. The topological polar surface area (TPSA) is 58.6 Å². The molecule has 4 rings (SSSR count). The van der Waals surface area contributed by atoms with E-state index in [0.29, 0.717) is 17.0 Å². The van der Waals surface area contributed by atoms with Crippen LogP contribution in [0.15, 0.2) is 66.4 Å². The van der Waals surface area contributed by atoms with Crippen molar-refractivity contribution in [1.82, 2.24) is 0 Å². The lowest BCUT2D eigenvalue weighted by Crippen LogP contribution is -2.32. The summed E-state index contributed by atoms with van der Waals surface area (Å²) in [5.41, 5.74) is 6.68. The summed E-state index contributed by atoms with van der Waals surface area (Å²) < 4.78 is 5.50. The zero-order chi connectivity index (χ0) is 25.5. The Balaban J connectivity index is 1.85. The molecule has 0 saturated heterocycles. The van der Waals surface area contributed by atoms with Crippen LogP contribution in [-0.2, 0) is 15.0 Å². The maximum Gasteiger partial charge on any atom is 0.282 e. The van der Waals surface area contributed by atoms with Crippen LogP contribution in [0.5, 0.6) is 5.75 Å². The van der Waals surface area contributed by atoms with E-state index in [2.05, 4.69) is 26.1 Å². The van der Waals surface area contributed by atoms with Gasteiger partial charge in [-0.3, -0.25) is 9.59 Å². The number of amides is 2. The van der Waals surface area contributed by atoms with E-state index in [-0.39, 0.29) is 17.0 Å². The van der Waals surface area contributed by atoms with Crippen LogP contribution in [-0.4, -0.2) is 18.9 Å². The predicted molar refractivity (Wildman–Crippen MR) is 142 cm³/mol. The number of benzene rings is 3. The zero-order valence-electron chi connectivity index (χ0n) is 21.4. The molecule has 2 amide bonds. The molecule has 0 bridgehead atoms. The molecule has 0 atom stereocenters. The zero-order valence-corrected chi connectivity index (χ0v) is 21.4. The van der Waals surface area contributed by atoms with Gasteiger partial charge in [0.2, 0.25) is 0 Å². The van der Waals surface area contributed by atoms with Gasteiger partial charge in [0.25, 0.3) is 11.8 Å². The number of ether oxygens (including phenoxy) is 1. The Morgan fingerprint density at radius 1 is 0.800 bits per heavy atom. The minimum atomic E-state index is -0.409. The summed E-state index contributed by atoms with van der Waals surface area (Å²) in [6.07, 6.45) is 0. The second kappa shape index (κ2) is 9.06. The summed E-state index contributed by atoms with van der Waals surface area (Å²) in [6.45, 7) is 12.3. The molecule has 0 fully saturated rings. The summed E-state index contributed by atoms with van der Waals surface area (Å²) in [4.78, 5) is 28.9. The number of nitrogens with zero attached hydrogens (tertiary/aromatic N) is 1. The summed E-state index contributed by atoms with van der Waals surface area (Å²) in [5, 5.41) is 3.27. The van der Waals surface area contributed by atoms with E-state index < -0.39 is 5.91 Å². The van der Waals surface area contributed by atoms with E-state index in [1.807, 2.05) is 69.3 Å². The summed E-state index contributed by atoms with van der Waals surface area (Å²) in [7, 11) is 1.54. The van der Waals surface area contributed by atoms with E-state index >= 15 is 0 Å². The Morgan fingerprint density at radius 2 is 1.43 bits per heavy atom. The molecule has 1 N–H and O–H groups in total. The predicted octanol–water partition coefficient (Wildman–Crippen LogP) is 6.31. The largest absolute Gasteiger partial charge is 0.495 e. The molecule has 0 aliphatic carbocycles. The maximum atomic E-state index is 13.9. The number of hydrogen-bond acceptors (Lipinski definition) is 4. The molecule has 3 aromatic rings. The van der Waals surface area contributed by atoms with Crippen molar-refractivity contribution in [3.05, 3.63) is 94.2 Å². The lowest BCUT2D eigenvalue weighted by molar-refractivity contribution is -0.120. The number of carbonyl (C=O) groups is 2. The first-order valence-electron chi connectivity index (χ1n) is 11.7. The minimum absolute atomic E-state index is 0.0135. The summed E-state index contributed by atoms with van der Waals surface area (Å²) >= 11 is 0. The molecule has 1 aliphatic heterocycles. The Hall–Kier alpha value is -3.86. The first-order chi connectivity index (χ1) is 16.5. The van der Waals surface area contributed by atoms with Crippen LogP contribution in [0.4, 0.5) is 11.4 Å². The number of methoxy groups -OCH3 is 1. The lowest BCUT2D eigenvalue weighted by Gasteiger charge is -2.20. The van der Waals surface area contributed by atoms with E-state index in [4.69, 9.17) is 4.74 Å². The monoisotopic (exact) mass is 468 g/mol. The van der Waals surface area contributed by atoms with Gasteiger partial charge in [0.15, 0.2) is 0 Å². The van der Waals surface area contributed by atoms with Gasteiger partial charge < -0.3 is 10.1 Å². The minimum Gasteiger partial charge on any atom is -0.495 e. The fraction of sp³-hybridized carbons (Fsp3) is 0.267. The van der Waals surface area contributed by atoms with E-state index in [1.54, 1.807) is 12.1 Å². The second-order valence-corrected chi connectivity index (χ2v) is 10.1. The van der Waals surface area contributed by atoms with Crippen LogP contribution in [0.1, 0.15) is 48.6 Å². The maximum absolute atomic E-state index is 13.9. The Morgan fingerprint density at radius 3 is 2.03 bits per heavy atom. The molecular weight excluding hydrogens is 436 g/mol. The number of nitrogens with one attached hydrogen (secondary N) is 1. The molecule has 0 saturated carbocycles. The number of anilines is 2. The molecular formula is C30H32N2O3. The van der Waals surface area contributed by atoms with Gasteiger partial charge >= 0.3 is 0 Å². The van der Waals surface area contributed by atoms with Gasteiger partial charge in [0.1, 0.15) is 11.4 Å². The third-order valence-corrected chi connectivity index (χ3v) is 6.33. The highest BCUT2D eigenvalue weighted by atomic mass is 16.5. The molecule has 5 heteroatoms. The number of imide groups is 1. The second-order valence-electron chi connectivity index (χ2n) is 10.1. The fourth-order valence-corrected chi connectivity index (χ4v) is 4.38. The van der Waals surface area contributed by atoms with Crippen LogP contribution in [0.3, 0.4) is 0 Å². The Labute approximate surface area is 207 Å². The molecule has 3 aromatic carbocycles. The first kappa shape index (κ1) is 24.3. The van der Waals surface area contributed by atoms with Gasteiger partial charge in [-0.2, -0.15) is 0 Å². The van der Waals surface area contributed by atoms with Gasteiger partial charge in [0.05, 0.1) is 18.4 Å². The highest BCUT2D eigenvalue weighted by Crippen LogP contribution is 2.39. The number of hydrogen-bond donors (Lipinski definition) is 1. The van der Waals surface area contributed by atoms with Gasteiger partial charge in [-0.1, -0.05) is 62.7 Å². The molecule has 1 aliphatic rings. The molecule has 180 valence electrons. The normalized spacial score (nSPS) is 14.1. The summed E-state index contributed by atoms with van der Waals surface area (Å²) in [6, 6.07) is 19.3. The third kappa shape index (κ3) is 4.59. The fourth-order valence-electron chi connectivity index (χ4n) is 4.38. The van der Waals surface area contributed by atoms with Crippen molar-refractivity contribution in [2.24, 2.45) is 0 Å². The van der Waals surface area contributed by atoms with Crippen molar-refractivity contribution in [3.63, 3.8) is 0 Å². The SMILES string of the molecule is COc1ccc(C)cc1N1C(=O)C(Nc2ccc(C(C)(C)C)cc2)=C(c2ccc(C)cc2C)C1=O. The van der Waals surface area contributed by atoms with Crippen LogP contribution in [0.2, 0.25) is 0 Å². The van der Waals surface area contributed by atoms with E-state index in [0.717, 1.165) is 27.9 Å². The molecule has 35 heavy (non-hydrogen) atoms. The average molecular weight is 469 g/mol. The number of rotatable bonds is 5. The van der Waals surface area contributed by atoms with Crippen molar-refractivity contribution >= 4 is 28.8 Å². The molecule has 0 spiro atoms. The van der Waals surface area contributed by atoms with E-state index in [9.17, 15) is 9.59 Å². The van der Waals surface area contributed by atoms with Crippen LogP contribution >= 0.6 is 0 Å². The molecule has 5 nitrogen and oxygen atoms in total. The number of carbonyl (C=O) groups excluding carboxylic acids is 2. The van der Waals surface area contributed by atoms with Crippen LogP contribution in [0.25, 0.3) is 5.57 Å². The molecule has 1 heterocycles. The molecule has 0 unspecified atom stereocenters. The highest BCUT2D eigenvalue weighted by Gasteiger charge is 2.42. The standard InChI is InChI=1S/C30H32N2O3/c1-18-8-14-23(20(3)16-18)26-27(31-22-12-10-21(11-13-22)30(4,5)6)29(34)32(28(26)33)24-17-19(2)9-15-25(24)35-7/h8-17,31H,1-7H3. The highest BCUT2D eigenvalue weighted by molar-refractivity contribution is 6.46.